The molecule has 6 aromatic rings. The summed E-state index contributed by atoms with van der Waals surface area (Å²) < 4.78 is 19.2. The van der Waals surface area contributed by atoms with Crippen LogP contribution >= 0.6 is 0 Å². The van der Waals surface area contributed by atoms with Gasteiger partial charge in [-0.1, -0.05) is 72.8 Å². The first-order chi connectivity index (χ1) is 17.3. The van der Waals surface area contributed by atoms with Crippen LogP contribution in [-0.4, -0.2) is 18.3 Å². The largest absolute Gasteiger partial charge is 0.495 e. The molecule has 1 aliphatic heterocycles. The molecule has 2 heterocycles. The van der Waals surface area contributed by atoms with Gasteiger partial charge in [0.2, 0.25) is 0 Å². The van der Waals surface area contributed by atoms with Crippen LogP contribution in [0.3, 0.4) is 0 Å². The first-order valence-corrected chi connectivity index (χ1v) is 12.5. The highest BCUT2D eigenvalue weighted by atomic mass is 16.7. The number of para-hydroxylation sites is 1. The Morgan fingerprint density at radius 3 is 2.06 bits per heavy atom. The summed E-state index contributed by atoms with van der Waals surface area (Å²) in [6.07, 6.45) is 0. The van der Waals surface area contributed by atoms with Gasteiger partial charge >= 0.3 is 7.12 Å². The molecule has 1 aromatic heterocycles. The first kappa shape index (κ1) is 21.7. The molecule has 0 bridgehead atoms. The minimum Gasteiger partial charge on any atom is -0.455 e. The second-order valence-electron chi connectivity index (χ2n) is 10.9. The summed E-state index contributed by atoms with van der Waals surface area (Å²) in [7, 11) is -0.391. The fraction of sp³-hybridized carbons (Fsp3) is 0.188. The number of fused-ring (bicyclic) bond motifs is 5. The van der Waals surface area contributed by atoms with Crippen molar-refractivity contribution in [2.75, 3.05) is 0 Å². The van der Waals surface area contributed by atoms with Gasteiger partial charge in [0.1, 0.15) is 11.2 Å². The van der Waals surface area contributed by atoms with Gasteiger partial charge in [-0.3, -0.25) is 0 Å². The first-order valence-electron chi connectivity index (χ1n) is 12.5. The molecule has 0 amide bonds. The Labute approximate surface area is 210 Å². The minimum atomic E-state index is -0.391. The van der Waals surface area contributed by atoms with Crippen molar-refractivity contribution in [3.63, 3.8) is 0 Å². The van der Waals surface area contributed by atoms with Crippen molar-refractivity contribution in [2.45, 2.75) is 38.9 Å². The van der Waals surface area contributed by atoms with E-state index in [2.05, 4.69) is 119 Å². The van der Waals surface area contributed by atoms with Crippen molar-refractivity contribution in [2.24, 2.45) is 0 Å². The van der Waals surface area contributed by atoms with E-state index in [1.807, 2.05) is 0 Å². The van der Waals surface area contributed by atoms with Gasteiger partial charge in [-0.15, -0.1) is 0 Å². The lowest BCUT2D eigenvalue weighted by Gasteiger charge is -2.32. The molecule has 0 radical (unpaired) electrons. The molecule has 0 unspecified atom stereocenters. The van der Waals surface area contributed by atoms with Crippen LogP contribution in [0.1, 0.15) is 27.7 Å². The third kappa shape index (κ3) is 3.15. The normalized spacial score (nSPS) is 17.1. The Kier molecular flexibility index (Phi) is 4.49. The van der Waals surface area contributed by atoms with Gasteiger partial charge in [0.25, 0.3) is 0 Å². The molecule has 0 aliphatic carbocycles. The minimum absolute atomic E-state index is 0.374. The smallest absolute Gasteiger partial charge is 0.455 e. The molecule has 3 nitrogen and oxygen atoms in total. The van der Waals surface area contributed by atoms with Crippen molar-refractivity contribution in [3.05, 3.63) is 91.0 Å². The molecule has 36 heavy (non-hydrogen) atoms. The summed E-state index contributed by atoms with van der Waals surface area (Å²) in [6.45, 7) is 8.36. The van der Waals surface area contributed by atoms with Gasteiger partial charge in [0, 0.05) is 16.3 Å². The summed E-state index contributed by atoms with van der Waals surface area (Å²) in [4.78, 5) is 0. The summed E-state index contributed by atoms with van der Waals surface area (Å²) >= 11 is 0. The molecule has 4 heteroatoms. The van der Waals surface area contributed by atoms with Gasteiger partial charge in [-0.05, 0) is 78.5 Å². The van der Waals surface area contributed by atoms with E-state index in [0.717, 1.165) is 49.3 Å². The van der Waals surface area contributed by atoms with E-state index in [-0.39, 0.29) is 11.2 Å². The maximum absolute atomic E-state index is 6.47. The molecule has 0 N–H and O–H groups in total. The van der Waals surface area contributed by atoms with Gasteiger partial charge in [0.15, 0.2) is 0 Å². The average Bonchev–Trinajstić information content (AvgIpc) is 3.33. The molecule has 0 atom stereocenters. The number of rotatable bonds is 2. The van der Waals surface area contributed by atoms with Gasteiger partial charge in [-0.2, -0.15) is 0 Å². The van der Waals surface area contributed by atoms with Crippen molar-refractivity contribution in [1.29, 1.82) is 0 Å². The van der Waals surface area contributed by atoms with Gasteiger partial charge in [0.05, 0.1) is 11.2 Å². The fourth-order valence-corrected chi connectivity index (χ4v) is 5.36. The van der Waals surface area contributed by atoms with Crippen LogP contribution in [0.25, 0.3) is 54.6 Å². The van der Waals surface area contributed by atoms with Gasteiger partial charge < -0.3 is 13.7 Å². The number of hydrogen-bond acceptors (Lipinski definition) is 3. The second-order valence-corrected chi connectivity index (χ2v) is 10.9. The Morgan fingerprint density at radius 1 is 0.583 bits per heavy atom. The summed E-state index contributed by atoms with van der Waals surface area (Å²) in [5.41, 5.74) is 4.37. The molecule has 0 spiro atoms. The third-order valence-corrected chi connectivity index (χ3v) is 8.10. The van der Waals surface area contributed by atoms with Crippen LogP contribution in [-0.2, 0) is 9.31 Å². The SMILES string of the molecule is CC1(C)OB(c2cccc3cc(-c4cccc5c4oc4cc6ccccc6cc45)ccc23)OC1(C)C. The lowest BCUT2D eigenvalue weighted by atomic mass is 9.76. The van der Waals surface area contributed by atoms with Crippen molar-refractivity contribution < 1.29 is 13.7 Å². The van der Waals surface area contributed by atoms with E-state index in [9.17, 15) is 0 Å². The Bertz CT molecular complexity index is 1800. The quantitative estimate of drug-likeness (QED) is 0.242. The summed E-state index contributed by atoms with van der Waals surface area (Å²) in [6, 6.07) is 32.1. The fourth-order valence-electron chi connectivity index (χ4n) is 5.36. The highest BCUT2D eigenvalue weighted by molar-refractivity contribution is 6.65. The molecule has 1 saturated heterocycles. The van der Waals surface area contributed by atoms with Crippen LogP contribution in [0, 0.1) is 0 Å². The standard InChI is InChI=1S/C32H27BO3/c1-31(2)32(3,4)36-33(35-31)28-14-7-11-22-17-23(15-16-24(22)28)25-12-8-13-26-27-18-20-9-5-6-10-21(20)19-29(27)34-30(25)26/h5-19H,1-4H3. The van der Waals surface area contributed by atoms with Crippen LogP contribution in [0.4, 0.5) is 0 Å². The van der Waals surface area contributed by atoms with Crippen LogP contribution in [0.15, 0.2) is 95.4 Å². The predicted molar refractivity (Wildman–Crippen MR) is 150 cm³/mol. The van der Waals surface area contributed by atoms with Crippen molar-refractivity contribution in [1.82, 2.24) is 0 Å². The molecule has 0 saturated carbocycles. The number of hydrogen-bond donors (Lipinski definition) is 0. The highest BCUT2D eigenvalue weighted by Gasteiger charge is 2.52. The van der Waals surface area contributed by atoms with Crippen LogP contribution in [0.2, 0.25) is 0 Å². The maximum Gasteiger partial charge on any atom is 0.495 e. The third-order valence-electron chi connectivity index (χ3n) is 8.10. The molecule has 1 fully saturated rings. The zero-order chi connectivity index (χ0) is 24.7. The maximum atomic E-state index is 6.47. The van der Waals surface area contributed by atoms with E-state index in [1.165, 1.54) is 10.8 Å². The lowest BCUT2D eigenvalue weighted by molar-refractivity contribution is 0.00578. The highest BCUT2D eigenvalue weighted by Crippen LogP contribution is 2.39. The van der Waals surface area contributed by atoms with Crippen LogP contribution < -0.4 is 5.46 Å². The summed E-state index contributed by atoms with van der Waals surface area (Å²) in [5, 5.41) is 6.99. The van der Waals surface area contributed by atoms with E-state index < -0.39 is 7.12 Å². The zero-order valence-corrected chi connectivity index (χ0v) is 21.0. The predicted octanol–water partition coefficient (Wildman–Crippen LogP) is 7.86. The molecular weight excluding hydrogens is 443 g/mol. The number of furan rings is 1. The molecular formula is C32H27BO3. The summed E-state index contributed by atoms with van der Waals surface area (Å²) in [5.74, 6) is 0. The molecule has 7 rings (SSSR count). The second kappa shape index (κ2) is 7.46. The van der Waals surface area contributed by atoms with Crippen molar-refractivity contribution >= 4 is 56.1 Å². The molecule has 176 valence electrons. The lowest BCUT2D eigenvalue weighted by Crippen LogP contribution is -2.41. The Balaban J connectivity index is 1.37. The monoisotopic (exact) mass is 470 g/mol. The molecule has 1 aliphatic rings. The van der Waals surface area contributed by atoms with Crippen LogP contribution in [0.5, 0.6) is 0 Å². The van der Waals surface area contributed by atoms with E-state index in [0.29, 0.717) is 0 Å². The topological polar surface area (TPSA) is 31.6 Å². The average molecular weight is 470 g/mol. The van der Waals surface area contributed by atoms with E-state index in [4.69, 9.17) is 13.7 Å². The Morgan fingerprint density at radius 2 is 1.28 bits per heavy atom. The number of benzene rings is 5. The van der Waals surface area contributed by atoms with Crippen molar-refractivity contribution in [3.8, 4) is 11.1 Å². The Hall–Kier alpha value is -3.60. The van der Waals surface area contributed by atoms with E-state index in [1.54, 1.807) is 0 Å². The van der Waals surface area contributed by atoms with Gasteiger partial charge in [-0.25, -0.2) is 0 Å². The molecule has 5 aromatic carbocycles. The van der Waals surface area contributed by atoms with E-state index >= 15 is 0 Å². The zero-order valence-electron chi connectivity index (χ0n) is 21.0.